The number of amides is 2. The van der Waals surface area contributed by atoms with Gasteiger partial charge in [0.25, 0.3) is 0 Å². The number of anilines is 2. The Morgan fingerprint density at radius 1 is 0.964 bits per heavy atom. The van der Waals surface area contributed by atoms with Crippen LogP contribution in [0.4, 0.5) is 11.4 Å². The van der Waals surface area contributed by atoms with Crippen LogP contribution in [0, 0.1) is 0 Å². The molecule has 4 rings (SSSR count). The van der Waals surface area contributed by atoms with E-state index in [1.807, 2.05) is 42.5 Å². The van der Waals surface area contributed by atoms with E-state index in [0.717, 1.165) is 49.0 Å². The Bertz CT molecular complexity index is 880. The first-order valence-electron chi connectivity index (χ1n) is 9.47. The third kappa shape index (κ3) is 4.19. The number of hydrogen-bond donors (Lipinski definition) is 1. The average molecular weight is 399 g/mol. The van der Waals surface area contributed by atoms with Gasteiger partial charge in [-0.1, -0.05) is 41.9 Å². The molecule has 0 aromatic heterocycles. The number of nitrogens with one attached hydrogen (secondary N) is 1. The van der Waals surface area contributed by atoms with E-state index in [4.69, 9.17) is 11.6 Å². The van der Waals surface area contributed by atoms with Gasteiger partial charge in [0.1, 0.15) is 6.54 Å². The van der Waals surface area contributed by atoms with Crippen LogP contribution < -0.4 is 10.2 Å². The predicted octanol–water partition coefficient (Wildman–Crippen LogP) is 2.44. The van der Waals surface area contributed by atoms with Crippen molar-refractivity contribution in [1.29, 1.82) is 0 Å². The SMILES string of the molecule is O=C1CN(C(=O)CN2CCN(Cc3ccccc3Cl)CC2)c2ccccc2N1. The van der Waals surface area contributed by atoms with E-state index in [0.29, 0.717) is 12.2 Å². The van der Waals surface area contributed by atoms with E-state index in [2.05, 4.69) is 21.2 Å². The lowest BCUT2D eigenvalue weighted by Crippen LogP contribution is -2.51. The molecule has 2 aromatic carbocycles. The molecular formula is C21H23ClN4O2. The lowest BCUT2D eigenvalue weighted by atomic mass is 10.1. The molecule has 0 bridgehead atoms. The van der Waals surface area contributed by atoms with Crippen LogP contribution in [0.2, 0.25) is 5.02 Å². The maximum Gasteiger partial charge on any atom is 0.244 e. The Balaban J connectivity index is 1.33. The molecule has 1 fully saturated rings. The summed E-state index contributed by atoms with van der Waals surface area (Å²) < 4.78 is 0. The minimum atomic E-state index is -0.156. The van der Waals surface area contributed by atoms with Gasteiger partial charge in [-0.25, -0.2) is 0 Å². The largest absolute Gasteiger partial charge is 0.323 e. The molecule has 0 radical (unpaired) electrons. The zero-order chi connectivity index (χ0) is 19.5. The first-order chi connectivity index (χ1) is 13.6. The van der Waals surface area contributed by atoms with Crippen molar-refractivity contribution in [2.75, 3.05) is 49.5 Å². The maximum atomic E-state index is 12.9. The molecule has 1 N–H and O–H groups in total. The standard InChI is InChI=1S/C21H23ClN4O2/c22-17-6-2-1-5-16(17)13-24-9-11-25(12-10-24)15-21(28)26-14-20(27)23-18-7-3-4-8-19(18)26/h1-8H,9-15H2,(H,23,27). The number of halogens is 1. The summed E-state index contributed by atoms with van der Waals surface area (Å²) >= 11 is 6.26. The number of benzene rings is 2. The maximum absolute atomic E-state index is 12.9. The van der Waals surface area contributed by atoms with E-state index in [-0.39, 0.29) is 18.4 Å². The number of rotatable bonds is 4. The second kappa shape index (κ2) is 8.31. The Hall–Kier alpha value is -2.41. The van der Waals surface area contributed by atoms with Gasteiger partial charge < -0.3 is 5.32 Å². The van der Waals surface area contributed by atoms with Crippen LogP contribution in [0.25, 0.3) is 0 Å². The van der Waals surface area contributed by atoms with Crippen molar-refractivity contribution in [3.05, 3.63) is 59.1 Å². The highest BCUT2D eigenvalue weighted by Gasteiger charge is 2.28. The van der Waals surface area contributed by atoms with Crippen molar-refractivity contribution in [2.45, 2.75) is 6.54 Å². The summed E-state index contributed by atoms with van der Waals surface area (Å²) in [6.45, 7) is 4.62. The van der Waals surface area contributed by atoms with Crippen LogP contribution in [0.5, 0.6) is 0 Å². The first kappa shape index (κ1) is 18.9. The quantitative estimate of drug-likeness (QED) is 0.859. The van der Waals surface area contributed by atoms with Crippen molar-refractivity contribution in [3.8, 4) is 0 Å². The highest BCUT2D eigenvalue weighted by molar-refractivity contribution is 6.31. The Labute approximate surface area is 169 Å². The summed E-state index contributed by atoms with van der Waals surface area (Å²) in [6, 6.07) is 15.3. The minimum Gasteiger partial charge on any atom is -0.323 e. The van der Waals surface area contributed by atoms with E-state index in [1.54, 1.807) is 4.90 Å². The number of hydrogen-bond acceptors (Lipinski definition) is 4. The number of para-hydroxylation sites is 2. The van der Waals surface area contributed by atoms with Crippen LogP contribution in [0.1, 0.15) is 5.56 Å². The van der Waals surface area contributed by atoms with Crippen LogP contribution in [0.3, 0.4) is 0 Å². The van der Waals surface area contributed by atoms with Gasteiger partial charge in [-0.05, 0) is 23.8 Å². The molecule has 6 nitrogen and oxygen atoms in total. The van der Waals surface area contributed by atoms with Crippen molar-refractivity contribution in [3.63, 3.8) is 0 Å². The average Bonchev–Trinajstić information content (AvgIpc) is 2.70. The molecule has 2 aromatic rings. The summed E-state index contributed by atoms with van der Waals surface area (Å²) in [5.74, 6) is -0.196. The van der Waals surface area contributed by atoms with Crippen molar-refractivity contribution in [2.24, 2.45) is 0 Å². The number of piperazine rings is 1. The Kier molecular flexibility index (Phi) is 5.62. The fourth-order valence-electron chi connectivity index (χ4n) is 3.71. The lowest BCUT2D eigenvalue weighted by molar-refractivity contribution is -0.123. The molecule has 2 aliphatic heterocycles. The Morgan fingerprint density at radius 3 is 2.43 bits per heavy atom. The topological polar surface area (TPSA) is 55.9 Å². The Morgan fingerprint density at radius 2 is 1.64 bits per heavy atom. The summed E-state index contributed by atoms with van der Waals surface area (Å²) in [7, 11) is 0. The summed E-state index contributed by atoms with van der Waals surface area (Å²) in [4.78, 5) is 30.9. The van der Waals surface area contributed by atoms with Crippen molar-refractivity contribution >= 4 is 34.8 Å². The van der Waals surface area contributed by atoms with Crippen LogP contribution in [-0.2, 0) is 16.1 Å². The highest BCUT2D eigenvalue weighted by Crippen LogP contribution is 2.29. The van der Waals surface area contributed by atoms with E-state index >= 15 is 0 Å². The van der Waals surface area contributed by atoms with Crippen molar-refractivity contribution in [1.82, 2.24) is 9.80 Å². The van der Waals surface area contributed by atoms with Gasteiger partial charge in [-0.15, -0.1) is 0 Å². The summed E-state index contributed by atoms with van der Waals surface area (Å²) in [5.41, 5.74) is 2.59. The molecule has 0 atom stereocenters. The van der Waals surface area contributed by atoms with Crippen molar-refractivity contribution < 1.29 is 9.59 Å². The van der Waals surface area contributed by atoms with Gasteiger partial charge in [0, 0.05) is 37.7 Å². The smallest absolute Gasteiger partial charge is 0.244 e. The zero-order valence-electron chi connectivity index (χ0n) is 15.6. The lowest BCUT2D eigenvalue weighted by Gasteiger charge is -2.36. The second-order valence-corrected chi connectivity index (χ2v) is 7.60. The second-order valence-electron chi connectivity index (χ2n) is 7.19. The van der Waals surface area contributed by atoms with Gasteiger partial charge >= 0.3 is 0 Å². The molecule has 2 heterocycles. The van der Waals surface area contributed by atoms with Gasteiger partial charge in [0.15, 0.2) is 0 Å². The van der Waals surface area contributed by atoms with Crippen LogP contribution >= 0.6 is 11.6 Å². The molecular weight excluding hydrogens is 376 g/mol. The number of carbonyl (C=O) groups is 2. The van der Waals surface area contributed by atoms with Gasteiger partial charge in [0.05, 0.1) is 17.9 Å². The monoisotopic (exact) mass is 398 g/mol. The predicted molar refractivity (Wildman–Crippen MR) is 111 cm³/mol. The molecule has 0 saturated carbocycles. The molecule has 0 unspecified atom stereocenters. The fraction of sp³-hybridized carbons (Fsp3) is 0.333. The molecule has 2 amide bonds. The van der Waals surface area contributed by atoms with E-state index in [9.17, 15) is 9.59 Å². The third-order valence-corrected chi connectivity index (χ3v) is 5.62. The fourth-order valence-corrected chi connectivity index (χ4v) is 3.90. The zero-order valence-corrected chi connectivity index (χ0v) is 16.4. The molecule has 146 valence electrons. The van der Waals surface area contributed by atoms with Gasteiger partial charge in [0.2, 0.25) is 11.8 Å². The van der Waals surface area contributed by atoms with Crippen LogP contribution in [0.15, 0.2) is 48.5 Å². The van der Waals surface area contributed by atoms with Gasteiger partial charge in [-0.3, -0.25) is 24.3 Å². The minimum absolute atomic E-state index is 0.0400. The molecule has 2 aliphatic rings. The molecule has 7 heteroatoms. The molecule has 1 saturated heterocycles. The molecule has 28 heavy (non-hydrogen) atoms. The summed E-state index contributed by atoms with van der Waals surface area (Å²) in [6.07, 6.45) is 0. The highest BCUT2D eigenvalue weighted by atomic mass is 35.5. The summed E-state index contributed by atoms with van der Waals surface area (Å²) in [5, 5.41) is 3.61. The first-order valence-corrected chi connectivity index (χ1v) is 9.85. The number of carbonyl (C=O) groups excluding carboxylic acids is 2. The van der Waals surface area contributed by atoms with Gasteiger partial charge in [-0.2, -0.15) is 0 Å². The normalized spacial score (nSPS) is 17.9. The van der Waals surface area contributed by atoms with E-state index in [1.165, 1.54) is 0 Å². The third-order valence-electron chi connectivity index (χ3n) is 5.25. The molecule has 0 spiro atoms. The van der Waals surface area contributed by atoms with E-state index < -0.39 is 0 Å². The number of nitrogens with zero attached hydrogens (tertiary/aromatic N) is 3. The molecule has 0 aliphatic carbocycles. The van der Waals surface area contributed by atoms with Crippen LogP contribution in [-0.4, -0.2) is 60.9 Å². The number of fused-ring (bicyclic) bond motifs is 1.